The van der Waals surface area contributed by atoms with Gasteiger partial charge in [0.2, 0.25) is 0 Å². The molecule has 21 heavy (non-hydrogen) atoms. The van der Waals surface area contributed by atoms with Crippen LogP contribution in [0.1, 0.15) is 53.9 Å². The average Bonchev–Trinajstić information content (AvgIpc) is 2.37. The van der Waals surface area contributed by atoms with Crippen LogP contribution in [0.15, 0.2) is 58.7 Å². The fourth-order valence-electron chi connectivity index (χ4n) is 2.80. The summed E-state index contributed by atoms with van der Waals surface area (Å²) < 4.78 is 0. The number of carbonyl (C=O) groups excluding carboxylic acids is 1. The highest BCUT2D eigenvalue weighted by Crippen LogP contribution is 2.40. The average molecular weight is 286 g/mol. The topological polar surface area (TPSA) is 17.1 Å². The maximum absolute atomic E-state index is 10.3. The van der Waals surface area contributed by atoms with Crippen LogP contribution in [-0.2, 0) is 4.79 Å². The Balaban J connectivity index is 2.80. The molecule has 1 aliphatic carbocycles. The van der Waals surface area contributed by atoms with Crippen LogP contribution in [0.2, 0.25) is 0 Å². The molecule has 0 radical (unpaired) electrons. The molecule has 0 aromatic rings. The van der Waals surface area contributed by atoms with Crippen molar-refractivity contribution in [1.29, 1.82) is 0 Å². The molecule has 0 aromatic carbocycles. The highest BCUT2D eigenvalue weighted by Gasteiger charge is 2.26. The zero-order chi connectivity index (χ0) is 15.9. The van der Waals surface area contributed by atoms with Gasteiger partial charge in [0.05, 0.1) is 0 Å². The summed E-state index contributed by atoms with van der Waals surface area (Å²) in [5, 5.41) is 0. The molecule has 0 heterocycles. The molecule has 0 spiro atoms. The molecular formula is C20H28O. The van der Waals surface area contributed by atoms with Gasteiger partial charge in [0.25, 0.3) is 0 Å². The van der Waals surface area contributed by atoms with Crippen molar-refractivity contribution in [3.05, 3.63) is 58.7 Å². The van der Waals surface area contributed by atoms with Gasteiger partial charge in [0.15, 0.2) is 0 Å². The predicted molar refractivity (Wildman–Crippen MR) is 92.2 cm³/mol. The van der Waals surface area contributed by atoms with Gasteiger partial charge < -0.3 is 0 Å². The van der Waals surface area contributed by atoms with Crippen molar-refractivity contribution in [2.24, 2.45) is 5.41 Å². The molecular weight excluding hydrogens is 258 g/mol. The van der Waals surface area contributed by atoms with E-state index in [0.717, 1.165) is 11.9 Å². The molecule has 1 aliphatic rings. The summed E-state index contributed by atoms with van der Waals surface area (Å²) in [6.45, 7) is 10.9. The van der Waals surface area contributed by atoms with E-state index in [9.17, 15) is 4.79 Å². The summed E-state index contributed by atoms with van der Waals surface area (Å²) in [5.41, 5.74) is 5.48. The summed E-state index contributed by atoms with van der Waals surface area (Å²) in [5.74, 6) is 0. The third-order valence-electron chi connectivity index (χ3n) is 4.10. The van der Waals surface area contributed by atoms with Crippen LogP contribution in [0.4, 0.5) is 0 Å². The van der Waals surface area contributed by atoms with Crippen molar-refractivity contribution in [3.8, 4) is 0 Å². The second-order valence-electron chi connectivity index (χ2n) is 6.58. The standard InChI is InChI=1S/C20H28O/c1-16(8-6-9-17(2)13-15-21)11-12-19-18(3)10-7-14-20(19,4)5/h6,8-9,11-13,15H,7,10,14H2,1-5H3/b9-6+,12-11+,16-8+,17-13+/i8+1,16+1. The van der Waals surface area contributed by atoms with E-state index in [-0.39, 0.29) is 5.41 Å². The Bertz CT molecular complexity index is 522. The molecule has 1 heteroatoms. The second-order valence-corrected chi connectivity index (χ2v) is 6.58. The minimum atomic E-state index is 0.290. The summed E-state index contributed by atoms with van der Waals surface area (Å²) in [7, 11) is 0. The highest BCUT2D eigenvalue weighted by atomic mass is 16.1. The lowest BCUT2D eigenvalue weighted by molar-refractivity contribution is -0.104. The van der Waals surface area contributed by atoms with Crippen LogP contribution in [0.25, 0.3) is 0 Å². The molecule has 0 bridgehead atoms. The molecule has 0 amide bonds. The lowest BCUT2D eigenvalue weighted by atomic mass is 9.73. The molecule has 0 saturated carbocycles. The number of carbonyl (C=O) groups is 1. The molecule has 0 aromatic heterocycles. The van der Waals surface area contributed by atoms with Gasteiger partial charge in [-0.1, -0.05) is 55.4 Å². The zero-order valence-electron chi connectivity index (χ0n) is 14.1. The number of rotatable bonds is 5. The third-order valence-corrected chi connectivity index (χ3v) is 4.10. The minimum Gasteiger partial charge on any atom is -0.299 e. The number of hydrogen-bond donors (Lipinski definition) is 0. The first-order valence-electron chi connectivity index (χ1n) is 7.72. The summed E-state index contributed by atoms with van der Waals surface area (Å²) in [6.07, 6.45) is 16.6. The van der Waals surface area contributed by atoms with Gasteiger partial charge in [0, 0.05) is 0 Å². The Morgan fingerprint density at radius 2 is 1.76 bits per heavy atom. The highest BCUT2D eigenvalue weighted by molar-refractivity contribution is 5.66. The molecule has 0 N–H and O–H groups in total. The van der Waals surface area contributed by atoms with Crippen molar-refractivity contribution in [1.82, 2.24) is 0 Å². The Labute approximate surface area is 129 Å². The van der Waals surface area contributed by atoms with Gasteiger partial charge in [-0.05, 0) is 62.7 Å². The number of hydrogen-bond acceptors (Lipinski definition) is 1. The fourth-order valence-corrected chi connectivity index (χ4v) is 2.80. The van der Waals surface area contributed by atoms with Gasteiger partial charge in [-0.2, -0.15) is 0 Å². The van der Waals surface area contributed by atoms with Crippen LogP contribution < -0.4 is 0 Å². The Hall–Kier alpha value is -1.63. The summed E-state index contributed by atoms with van der Waals surface area (Å²) in [4.78, 5) is 10.3. The summed E-state index contributed by atoms with van der Waals surface area (Å²) >= 11 is 0. The van der Waals surface area contributed by atoms with Gasteiger partial charge in [-0.3, -0.25) is 4.79 Å². The Morgan fingerprint density at radius 1 is 1.10 bits per heavy atom. The first kappa shape index (κ1) is 17.4. The van der Waals surface area contributed by atoms with Gasteiger partial charge in [-0.15, -0.1) is 0 Å². The van der Waals surface area contributed by atoms with E-state index in [1.807, 2.05) is 19.1 Å². The first-order valence-corrected chi connectivity index (χ1v) is 7.72. The van der Waals surface area contributed by atoms with E-state index in [2.05, 4.69) is 45.9 Å². The lowest BCUT2D eigenvalue weighted by Crippen LogP contribution is -2.19. The van der Waals surface area contributed by atoms with E-state index in [1.165, 1.54) is 36.0 Å². The molecule has 0 unspecified atom stereocenters. The van der Waals surface area contributed by atoms with Crippen molar-refractivity contribution in [2.45, 2.75) is 53.9 Å². The quantitative estimate of drug-likeness (QED) is 0.273. The van der Waals surface area contributed by atoms with E-state index in [0.29, 0.717) is 0 Å². The van der Waals surface area contributed by atoms with Crippen LogP contribution >= 0.6 is 0 Å². The molecule has 0 fully saturated rings. The Kier molecular flexibility index (Phi) is 6.61. The van der Waals surface area contributed by atoms with Crippen molar-refractivity contribution in [2.75, 3.05) is 0 Å². The van der Waals surface area contributed by atoms with Crippen LogP contribution in [0.3, 0.4) is 0 Å². The Morgan fingerprint density at radius 3 is 2.38 bits per heavy atom. The smallest absolute Gasteiger partial charge is 0.143 e. The maximum Gasteiger partial charge on any atom is 0.143 e. The second kappa shape index (κ2) is 7.97. The number of allylic oxidation sites excluding steroid dienone is 10. The zero-order valence-corrected chi connectivity index (χ0v) is 14.1. The van der Waals surface area contributed by atoms with Crippen LogP contribution in [0, 0.1) is 5.41 Å². The largest absolute Gasteiger partial charge is 0.299 e. The fraction of sp³-hybridized carbons (Fsp3) is 0.450. The normalized spacial score (nSPS) is 20.6. The lowest BCUT2D eigenvalue weighted by Gasteiger charge is -2.32. The summed E-state index contributed by atoms with van der Waals surface area (Å²) in [6, 6.07) is 0. The number of aldehydes is 1. The molecule has 0 atom stereocenters. The van der Waals surface area contributed by atoms with Crippen molar-refractivity contribution in [3.63, 3.8) is 0 Å². The monoisotopic (exact) mass is 286 g/mol. The van der Waals surface area contributed by atoms with Crippen molar-refractivity contribution < 1.29 is 4.79 Å². The molecule has 1 nitrogen and oxygen atoms in total. The van der Waals surface area contributed by atoms with Gasteiger partial charge >= 0.3 is 0 Å². The molecule has 1 rings (SSSR count). The SMILES string of the molecule is CC1=C(/C=C/[13C](C)=[13CH]/C=C/C(C)=C/C=O)C(C)(C)CCC1. The first-order chi connectivity index (χ1) is 9.86. The minimum absolute atomic E-state index is 0.290. The van der Waals surface area contributed by atoms with Crippen molar-refractivity contribution >= 4 is 6.29 Å². The predicted octanol–water partition coefficient (Wildman–Crippen LogP) is 5.72. The van der Waals surface area contributed by atoms with E-state index < -0.39 is 0 Å². The van der Waals surface area contributed by atoms with Crippen LogP contribution in [-0.4, -0.2) is 6.29 Å². The van der Waals surface area contributed by atoms with E-state index >= 15 is 0 Å². The molecule has 0 aliphatic heterocycles. The molecule has 0 saturated heterocycles. The molecule has 114 valence electrons. The van der Waals surface area contributed by atoms with Gasteiger partial charge in [-0.25, -0.2) is 0 Å². The maximum atomic E-state index is 10.3. The third kappa shape index (κ3) is 5.71. The van der Waals surface area contributed by atoms with E-state index in [4.69, 9.17) is 0 Å². The van der Waals surface area contributed by atoms with Gasteiger partial charge in [0.1, 0.15) is 6.29 Å². The van der Waals surface area contributed by atoms with E-state index in [1.54, 1.807) is 6.08 Å². The van der Waals surface area contributed by atoms with Crippen LogP contribution in [0.5, 0.6) is 0 Å².